The number of carbonyl (C=O) groups is 4. The van der Waals surface area contributed by atoms with Gasteiger partial charge in [0.25, 0.3) is 5.91 Å². The van der Waals surface area contributed by atoms with Gasteiger partial charge in [-0.05, 0) is 31.5 Å². The number of nitrogens with zero attached hydrogens (tertiary/aromatic N) is 2. The first-order valence-corrected chi connectivity index (χ1v) is 8.35. The largest absolute Gasteiger partial charge is 0.480 e. The molecule has 0 fully saturated rings. The number of aliphatic carboxylic acids is 1. The Morgan fingerprint density at radius 1 is 1.31 bits per heavy atom. The molecule has 8 nitrogen and oxygen atoms in total. The lowest BCUT2D eigenvalue weighted by molar-refractivity contribution is -0.143. The molecule has 1 aromatic carbocycles. The number of carbonyl (C=O) groups excluding carboxylic acids is 3. The van der Waals surface area contributed by atoms with Crippen LogP contribution < -0.4 is 9.64 Å². The van der Waals surface area contributed by atoms with E-state index in [2.05, 4.69) is 0 Å². The molecular weight excluding hydrogens is 340 g/mol. The molecule has 1 atom stereocenters. The second-order valence-corrected chi connectivity index (χ2v) is 6.18. The van der Waals surface area contributed by atoms with Crippen molar-refractivity contribution in [3.8, 4) is 5.75 Å². The Bertz CT molecular complexity index is 745. The van der Waals surface area contributed by atoms with Crippen LogP contribution >= 0.6 is 0 Å². The molecule has 0 aliphatic carbocycles. The summed E-state index contributed by atoms with van der Waals surface area (Å²) in [4.78, 5) is 50.0. The lowest BCUT2D eigenvalue weighted by Gasteiger charge is -2.33. The summed E-state index contributed by atoms with van der Waals surface area (Å²) in [6.07, 6.45) is 0.298. The van der Waals surface area contributed by atoms with E-state index in [1.165, 1.54) is 11.9 Å². The molecule has 0 spiro atoms. The fraction of sp³-hybridized carbons (Fsp3) is 0.444. The number of ether oxygens (including phenoxy) is 1. The number of carboxylic acid groups (broad SMARTS) is 1. The number of amides is 2. The Morgan fingerprint density at radius 2 is 2.00 bits per heavy atom. The molecule has 1 unspecified atom stereocenters. The number of likely N-dealkylation sites (N-methyl/N-ethyl adjacent to an activating group) is 1. The zero-order valence-corrected chi connectivity index (χ0v) is 15.0. The average Bonchev–Trinajstić information content (AvgIpc) is 2.58. The van der Waals surface area contributed by atoms with E-state index in [1.807, 2.05) is 6.92 Å². The Balaban J connectivity index is 2.32. The average molecular weight is 362 g/mol. The Hall–Kier alpha value is -2.90. The van der Waals surface area contributed by atoms with Crippen molar-refractivity contribution in [2.75, 3.05) is 25.0 Å². The quantitative estimate of drug-likeness (QED) is 0.734. The summed E-state index contributed by atoms with van der Waals surface area (Å²) in [5.41, 5.74) is 0.778. The van der Waals surface area contributed by atoms with Crippen molar-refractivity contribution in [1.29, 1.82) is 0 Å². The number of rotatable bonds is 7. The molecule has 2 amide bonds. The maximum absolute atomic E-state index is 12.5. The van der Waals surface area contributed by atoms with Crippen molar-refractivity contribution in [3.05, 3.63) is 23.8 Å². The smallest absolute Gasteiger partial charge is 0.323 e. The molecule has 0 aromatic heterocycles. The van der Waals surface area contributed by atoms with Gasteiger partial charge in [-0.2, -0.15) is 0 Å². The molecule has 1 N–H and O–H groups in total. The van der Waals surface area contributed by atoms with Crippen molar-refractivity contribution in [3.63, 3.8) is 0 Å². The lowest BCUT2D eigenvalue weighted by Crippen LogP contribution is -2.49. The highest BCUT2D eigenvalue weighted by Gasteiger charge is 2.34. The van der Waals surface area contributed by atoms with Gasteiger partial charge in [0.15, 0.2) is 11.9 Å². The number of ketones is 1. The second kappa shape index (κ2) is 7.99. The molecular formula is C18H22N2O6. The third kappa shape index (κ3) is 4.19. The van der Waals surface area contributed by atoms with Gasteiger partial charge in [-0.3, -0.25) is 24.1 Å². The van der Waals surface area contributed by atoms with Crippen LogP contribution in [0, 0.1) is 0 Å². The fourth-order valence-electron chi connectivity index (χ4n) is 2.66. The summed E-state index contributed by atoms with van der Waals surface area (Å²) >= 11 is 0. The van der Waals surface area contributed by atoms with E-state index in [9.17, 15) is 19.2 Å². The van der Waals surface area contributed by atoms with E-state index >= 15 is 0 Å². The number of Topliss-reactive ketones (excluding diaryl/α,β-unsaturated/α-hetero) is 1. The third-order valence-electron chi connectivity index (χ3n) is 4.06. The normalized spacial score (nSPS) is 15.9. The minimum Gasteiger partial charge on any atom is -0.480 e. The van der Waals surface area contributed by atoms with Crippen molar-refractivity contribution in [1.82, 2.24) is 4.90 Å². The molecule has 1 heterocycles. The summed E-state index contributed by atoms with van der Waals surface area (Å²) < 4.78 is 5.55. The van der Waals surface area contributed by atoms with Gasteiger partial charge in [-0.15, -0.1) is 0 Å². The van der Waals surface area contributed by atoms with Gasteiger partial charge in [0, 0.05) is 19.0 Å². The molecule has 140 valence electrons. The molecule has 0 saturated carbocycles. The number of benzene rings is 1. The van der Waals surface area contributed by atoms with Crippen LogP contribution in [-0.4, -0.2) is 59.8 Å². The highest BCUT2D eigenvalue weighted by atomic mass is 16.5. The SMILES string of the molecule is CCCC(=O)c1ccc2c(c1)N(CC(=O)N(C)CC(=O)O)C(=O)C(C)O2. The van der Waals surface area contributed by atoms with Crippen LogP contribution in [0.1, 0.15) is 37.0 Å². The Labute approximate surface area is 151 Å². The summed E-state index contributed by atoms with van der Waals surface area (Å²) in [7, 11) is 1.35. The maximum atomic E-state index is 12.5. The summed E-state index contributed by atoms with van der Waals surface area (Å²) in [5, 5.41) is 8.81. The monoisotopic (exact) mass is 362 g/mol. The first-order valence-electron chi connectivity index (χ1n) is 8.35. The van der Waals surface area contributed by atoms with Crippen molar-refractivity contribution in [2.45, 2.75) is 32.8 Å². The van der Waals surface area contributed by atoms with Crippen molar-refractivity contribution < 1.29 is 29.0 Å². The molecule has 26 heavy (non-hydrogen) atoms. The van der Waals surface area contributed by atoms with Gasteiger partial charge in [-0.25, -0.2) is 0 Å². The van der Waals surface area contributed by atoms with Crippen LogP contribution in [0.5, 0.6) is 5.75 Å². The number of anilines is 1. The third-order valence-corrected chi connectivity index (χ3v) is 4.06. The topological polar surface area (TPSA) is 104 Å². The molecule has 0 radical (unpaired) electrons. The first-order chi connectivity index (χ1) is 12.2. The van der Waals surface area contributed by atoms with Crippen molar-refractivity contribution in [2.24, 2.45) is 0 Å². The van der Waals surface area contributed by atoms with E-state index < -0.39 is 30.4 Å². The molecule has 0 saturated heterocycles. The zero-order chi connectivity index (χ0) is 19.4. The minimum absolute atomic E-state index is 0.0596. The van der Waals surface area contributed by atoms with Gasteiger partial charge < -0.3 is 14.7 Å². The lowest BCUT2D eigenvalue weighted by atomic mass is 10.0. The zero-order valence-electron chi connectivity index (χ0n) is 15.0. The van der Waals surface area contributed by atoms with E-state index in [-0.39, 0.29) is 12.3 Å². The highest BCUT2D eigenvalue weighted by molar-refractivity contribution is 6.05. The maximum Gasteiger partial charge on any atom is 0.323 e. The molecule has 1 aliphatic heterocycles. The van der Waals surface area contributed by atoms with Crippen LogP contribution in [0.3, 0.4) is 0 Å². The highest BCUT2D eigenvalue weighted by Crippen LogP contribution is 2.35. The fourth-order valence-corrected chi connectivity index (χ4v) is 2.66. The van der Waals surface area contributed by atoms with E-state index in [0.717, 1.165) is 4.90 Å². The van der Waals surface area contributed by atoms with Crippen LogP contribution in [0.15, 0.2) is 18.2 Å². The Morgan fingerprint density at radius 3 is 2.62 bits per heavy atom. The van der Waals surface area contributed by atoms with Crippen LogP contribution in [-0.2, 0) is 14.4 Å². The predicted octanol–water partition coefficient (Wildman–Crippen LogP) is 1.33. The Kier molecular flexibility index (Phi) is 5.97. The molecule has 1 aliphatic rings. The molecule has 2 rings (SSSR count). The van der Waals surface area contributed by atoms with Gasteiger partial charge in [0.1, 0.15) is 18.8 Å². The summed E-state index contributed by atoms with van der Waals surface area (Å²) in [6, 6.07) is 4.79. The number of hydrogen-bond acceptors (Lipinski definition) is 5. The standard InChI is InChI=1S/C18H22N2O6/c1-4-5-14(21)12-6-7-15-13(8-12)20(18(25)11(2)26-15)9-16(22)19(3)10-17(23)24/h6-8,11H,4-5,9-10H2,1-3H3,(H,23,24). The van der Waals surface area contributed by atoms with Crippen LogP contribution in [0.2, 0.25) is 0 Å². The van der Waals surface area contributed by atoms with E-state index in [1.54, 1.807) is 25.1 Å². The van der Waals surface area contributed by atoms with E-state index in [4.69, 9.17) is 9.84 Å². The van der Waals surface area contributed by atoms with Gasteiger partial charge in [0.2, 0.25) is 5.91 Å². The summed E-state index contributed by atoms with van der Waals surface area (Å²) in [5.74, 6) is -1.74. The van der Waals surface area contributed by atoms with Gasteiger partial charge >= 0.3 is 5.97 Å². The minimum atomic E-state index is -1.14. The first kappa shape index (κ1) is 19.4. The van der Waals surface area contributed by atoms with Gasteiger partial charge in [-0.1, -0.05) is 6.92 Å². The molecule has 1 aromatic rings. The number of carboxylic acids is 1. The number of hydrogen-bond donors (Lipinski definition) is 1. The van der Waals surface area contributed by atoms with Crippen LogP contribution in [0.25, 0.3) is 0 Å². The molecule has 8 heteroatoms. The van der Waals surface area contributed by atoms with Gasteiger partial charge in [0.05, 0.1) is 5.69 Å². The predicted molar refractivity (Wildman–Crippen MR) is 93.4 cm³/mol. The number of fused-ring (bicyclic) bond motifs is 1. The second-order valence-electron chi connectivity index (χ2n) is 6.18. The van der Waals surface area contributed by atoms with Crippen LogP contribution in [0.4, 0.5) is 5.69 Å². The van der Waals surface area contributed by atoms with Crippen molar-refractivity contribution >= 4 is 29.3 Å². The summed E-state index contributed by atoms with van der Waals surface area (Å²) in [6.45, 7) is 2.68. The molecule has 0 bridgehead atoms. The van der Waals surface area contributed by atoms with E-state index in [0.29, 0.717) is 29.8 Å².